The highest BCUT2D eigenvalue weighted by Gasteiger charge is 2.29. The monoisotopic (exact) mass is 325 g/mol. The van der Waals surface area contributed by atoms with E-state index in [0.29, 0.717) is 11.8 Å². The molecule has 0 saturated heterocycles. The number of benzene rings is 1. The van der Waals surface area contributed by atoms with Gasteiger partial charge in [-0.2, -0.15) is 11.8 Å². The maximum atomic E-state index is 13.9. The summed E-state index contributed by atoms with van der Waals surface area (Å²) in [5, 5.41) is 8.72. The Hall–Kier alpha value is -1.19. The third-order valence-electron chi connectivity index (χ3n) is 2.57. The number of carbonyl (C=O) groups is 1. The van der Waals surface area contributed by atoms with Crippen molar-refractivity contribution in [1.29, 1.82) is 0 Å². The van der Waals surface area contributed by atoms with Gasteiger partial charge in [0.15, 0.2) is 5.82 Å². The van der Waals surface area contributed by atoms with Crippen LogP contribution in [-0.4, -0.2) is 49.4 Å². The average Bonchev–Trinajstić information content (AvgIpc) is 2.34. The van der Waals surface area contributed by atoms with Gasteiger partial charge < -0.3 is 5.11 Å². The van der Waals surface area contributed by atoms with E-state index in [-0.39, 0.29) is 6.54 Å². The quantitative estimate of drug-likeness (QED) is 0.861. The number of nitrogens with zero attached hydrogens (tertiary/aromatic N) is 1. The van der Waals surface area contributed by atoms with Crippen LogP contribution in [0.15, 0.2) is 17.0 Å². The van der Waals surface area contributed by atoms with Crippen molar-refractivity contribution in [2.75, 3.05) is 25.6 Å². The summed E-state index contributed by atoms with van der Waals surface area (Å²) in [6.45, 7) is 0.128. The molecule has 1 aromatic rings. The van der Waals surface area contributed by atoms with Gasteiger partial charge in [-0.3, -0.25) is 0 Å². The van der Waals surface area contributed by atoms with E-state index in [4.69, 9.17) is 5.11 Å². The van der Waals surface area contributed by atoms with Crippen LogP contribution in [0.3, 0.4) is 0 Å². The van der Waals surface area contributed by atoms with Gasteiger partial charge in [0.2, 0.25) is 10.0 Å². The molecule has 1 rings (SSSR count). The molecule has 0 heterocycles. The molecule has 0 amide bonds. The van der Waals surface area contributed by atoms with E-state index in [1.807, 2.05) is 0 Å². The highest BCUT2D eigenvalue weighted by atomic mass is 32.2. The molecule has 0 aliphatic heterocycles. The molecule has 20 heavy (non-hydrogen) atoms. The minimum Gasteiger partial charge on any atom is -0.477 e. The molecule has 0 radical (unpaired) electrons. The second-order valence-electron chi connectivity index (χ2n) is 3.86. The summed E-state index contributed by atoms with van der Waals surface area (Å²) in [5.74, 6) is -4.28. The molecule has 1 aromatic carbocycles. The van der Waals surface area contributed by atoms with Gasteiger partial charge in [-0.05, 0) is 18.4 Å². The molecule has 0 aliphatic carbocycles. The molecule has 1 N–H and O–H groups in total. The lowest BCUT2D eigenvalue weighted by atomic mass is 10.2. The Morgan fingerprint density at radius 3 is 2.50 bits per heavy atom. The molecule has 0 saturated carbocycles. The summed E-state index contributed by atoms with van der Waals surface area (Å²) in [6.07, 6.45) is 1.78. The zero-order valence-corrected chi connectivity index (χ0v) is 12.4. The second kappa shape index (κ2) is 6.51. The molecule has 5 nitrogen and oxygen atoms in total. The summed E-state index contributed by atoms with van der Waals surface area (Å²) in [7, 11) is -2.95. The minimum absolute atomic E-state index is 0.128. The predicted molar refractivity (Wildman–Crippen MR) is 71.5 cm³/mol. The maximum Gasteiger partial charge on any atom is 0.341 e. The number of halogens is 2. The van der Waals surface area contributed by atoms with E-state index in [0.717, 1.165) is 10.4 Å². The van der Waals surface area contributed by atoms with Gasteiger partial charge in [0, 0.05) is 19.3 Å². The van der Waals surface area contributed by atoms with Crippen LogP contribution in [0.5, 0.6) is 0 Å². The fourth-order valence-electron chi connectivity index (χ4n) is 1.44. The molecular formula is C11H13F2NO4S2. The van der Waals surface area contributed by atoms with Gasteiger partial charge in [0.05, 0.1) is 0 Å². The predicted octanol–water partition coefficient (Wildman–Crippen LogP) is 1.65. The van der Waals surface area contributed by atoms with Gasteiger partial charge in [0.1, 0.15) is 16.3 Å². The first kappa shape index (κ1) is 16.9. The molecule has 0 spiro atoms. The SMILES string of the molecule is CSCCN(C)S(=O)(=O)c1ccc(F)c(C(=O)O)c1F. The molecular weight excluding hydrogens is 312 g/mol. The normalized spacial score (nSPS) is 11.8. The van der Waals surface area contributed by atoms with Gasteiger partial charge in [-0.25, -0.2) is 26.3 Å². The lowest BCUT2D eigenvalue weighted by Gasteiger charge is -2.17. The molecule has 9 heteroatoms. The van der Waals surface area contributed by atoms with Crippen LogP contribution in [0.25, 0.3) is 0 Å². The van der Waals surface area contributed by atoms with Gasteiger partial charge >= 0.3 is 5.97 Å². The topological polar surface area (TPSA) is 74.7 Å². The molecule has 0 aromatic heterocycles. The van der Waals surface area contributed by atoms with Crippen LogP contribution in [0, 0.1) is 11.6 Å². The largest absolute Gasteiger partial charge is 0.477 e. The lowest BCUT2D eigenvalue weighted by molar-refractivity contribution is 0.0685. The van der Waals surface area contributed by atoms with E-state index in [9.17, 15) is 22.0 Å². The third-order valence-corrected chi connectivity index (χ3v) is 5.03. The molecule has 0 fully saturated rings. The van der Waals surface area contributed by atoms with Crippen LogP contribution in [0.1, 0.15) is 10.4 Å². The Morgan fingerprint density at radius 2 is 2.00 bits per heavy atom. The van der Waals surface area contributed by atoms with Gasteiger partial charge in [0.25, 0.3) is 0 Å². The van der Waals surface area contributed by atoms with Gasteiger partial charge in [-0.1, -0.05) is 0 Å². The summed E-state index contributed by atoms with van der Waals surface area (Å²) < 4.78 is 52.3. The number of carboxylic acid groups (broad SMARTS) is 1. The van der Waals surface area contributed by atoms with E-state index in [1.165, 1.54) is 18.8 Å². The standard InChI is InChI=1S/C11H13F2NO4S2/c1-14(5-6-19-2)20(17,18)8-4-3-7(12)9(10(8)13)11(15)16/h3-4H,5-6H2,1-2H3,(H,15,16). The summed E-state index contributed by atoms with van der Waals surface area (Å²) in [6, 6.07) is 1.35. The number of rotatable bonds is 6. The Labute approximate surface area is 119 Å². The van der Waals surface area contributed by atoms with Crippen LogP contribution in [0.2, 0.25) is 0 Å². The van der Waals surface area contributed by atoms with Crippen molar-refractivity contribution in [1.82, 2.24) is 4.31 Å². The summed E-state index contributed by atoms with van der Waals surface area (Å²) >= 11 is 1.40. The minimum atomic E-state index is -4.20. The highest BCUT2D eigenvalue weighted by molar-refractivity contribution is 7.98. The Bertz CT molecular complexity index is 619. The van der Waals surface area contributed by atoms with Crippen molar-refractivity contribution < 1.29 is 27.1 Å². The third kappa shape index (κ3) is 3.28. The Kier molecular flexibility index (Phi) is 5.49. The van der Waals surface area contributed by atoms with E-state index in [2.05, 4.69) is 0 Å². The number of carboxylic acids is 1. The van der Waals surface area contributed by atoms with Crippen molar-refractivity contribution in [3.05, 3.63) is 29.3 Å². The van der Waals surface area contributed by atoms with Crippen molar-refractivity contribution in [2.24, 2.45) is 0 Å². The number of aromatic carboxylic acids is 1. The first-order valence-electron chi connectivity index (χ1n) is 5.40. The van der Waals surface area contributed by atoms with E-state index in [1.54, 1.807) is 6.26 Å². The maximum absolute atomic E-state index is 13.9. The van der Waals surface area contributed by atoms with Crippen molar-refractivity contribution in [3.63, 3.8) is 0 Å². The van der Waals surface area contributed by atoms with Crippen LogP contribution < -0.4 is 0 Å². The second-order valence-corrected chi connectivity index (χ2v) is 6.86. The molecule has 0 bridgehead atoms. The molecule has 0 unspecified atom stereocenters. The van der Waals surface area contributed by atoms with Gasteiger partial charge in [-0.15, -0.1) is 0 Å². The van der Waals surface area contributed by atoms with Crippen LogP contribution >= 0.6 is 11.8 Å². The van der Waals surface area contributed by atoms with Crippen LogP contribution in [-0.2, 0) is 10.0 Å². The number of hydrogen-bond acceptors (Lipinski definition) is 4. The first-order chi connectivity index (χ1) is 9.23. The Balaban J connectivity index is 3.33. The zero-order chi connectivity index (χ0) is 15.5. The number of sulfonamides is 1. The smallest absolute Gasteiger partial charge is 0.341 e. The van der Waals surface area contributed by atoms with Crippen molar-refractivity contribution >= 4 is 27.8 Å². The Morgan fingerprint density at radius 1 is 1.40 bits per heavy atom. The average molecular weight is 325 g/mol. The first-order valence-corrected chi connectivity index (χ1v) is 8.23. The number of hydrogen-bond donors (Lipinski definition) is 1. The molecule has 112 valence electrons. The fraction of sp³-hybridized carbons (Fsp3) is 0.364. The fourth-order valence-corrected chi connectivity index (χ4v) is 3.24. The summed E-state index contributed by atoms with van der Waals surface area (Å²) in [5.41, 5.74) is -1.27. The highest BCUT2D eigenvalue weighted by Crippen LogP contribution is 2.23. The van der Waals surface area contributed by atoms with Crippen LogP contribution in [0.4, 0.5) is 8.78 Å². The van der Waals surface area contributed by atoms with Crippen molar-refractivity contribution in [3.8, 4) is 0 Å². The van der Waals surface area contributed by atoms with E-state index >= 15 is 0 Å². The van der Waals surface area contributed by atoms with E-state index < -0.39 is 38.1 Å². The molecule has 0 atom stereocenters. The summed E-state index contributed by atoms with van der Waals surface area (Å²) in [4.78, 5) is 9.92. The molecule has 0 aliphatic rings. The lowest BCUT2D eigenvalue weighted by Crippen LogP contribution is -2.30. The zero-order valence-electron chi connectivity index (χ0n) is 10.8. The number of thioether (sulfide) groups is 1. The van der Waals surface area contributed by atoms with Crippen molar-refractivity contribution in [2.45, 2.75) is 4.90 Å².